The van der Waals surface area contributed by atoms with Crippen LogP contribution in [0.4, 0.5) is 13.2 Å². The van der Waals surface area contributed by atoms with Gasteiger partial charge in [0.05, 0.1) is 22.7 Å². The third-order valence-corrected chi connectivity index (χ3v) is 5.70. The van der Waals surface area contributed by atoms with Gasteiger partial charge in [0.25, 0.3) is 5.56 Å². The summed E-state index contributed by atoms with van der Waals surface area (Å²) in [7, 11) is 0. The number of fused-ring (bicyclic) bond motifs is 1. The van der Waals surface area contributed by atoms with Crippen LogP contribution in [-0.2, 0) is 22.3 Å². The van der Waals surface area contributed by atoms with Crippen molar-refractivity contribution in [3.63, 3.8) is 0 Å². The molecule has 0 saturated carbocycles. The third kappa shape index (κ3) is 5.70. The molecule has 2 atom stereocenters. The number of hydrogen-bond donors (Lipinski definition) is 2. The standard InChI is InChI=1S/C22H27F3N4O4/c1-12(2)20-18-8-14(22(23,24)25)4-5-17(18)21(33)29(27-20)11-19(32)26-15-9-16(31)6-7-28(10-15)13(3)30/h4-5,8,12,15-16,31H,6-7,9-11H2,1-3H3,(H,26,32)/t15-,16-/m1/s1. The van der Waals surface area contributed by atoms with Gasteiger partial charge in [-0.15, -0.1) is 0 Å². The smallest absolute Gasteiger partial charge is 0.393 e. The number of halogens is 3. The van der Waals surface area contributed by atoms with Gasteiger partial charge in [-0.05, 0) is 37.0 Å². The summed E-state index contributed by atoms with van der Waals surface area (Å²) in [5, 5.41) is 17.1. The van der Waals surface area contributed by atoms with Gasteiger partial charge in [-0.2, -0.15) is 18.3 Å². The van der Waals surface area contributed by atoms with E-state index in [1.54, 1.807) is 13.8 Å². The molecule has 2 heterocycles. The molecule has 3 rings (SSSR count). The van der Waals surface area contributed by atoms with E-state index in [0.29, 0.717) is 13.0 Å². The lowest BCUT2D eigenvalue weighted by Crippen LogP contribution is -2.46. The summed E-state index contributed by atoms with van der Waals surface area (Å²) >= 11 is 0. The lowest BCUT2D eigenvalue weighted by molar-refractivity contribution is -0.137. The summed E-state index contributed by atoms with van der Waals surface area (Å²) < 4.78 is 40.4. The van der Waals surface area contributed by atoms with E-state index in [2.05, 4.69) is 10.4 Å². The minimum atomic E-state index is -4.56. The molecular formula is C22H27F3N4O4. The Balaban J connectivity index is 1.89. The number of aliphatic hydroxyl groups excluding tert-OH is 1. The Morgan fingerprint density at radius 2 is 1.97 bits per heavy atom. The quantitative estimate of drug-likeness (QED) is 0.715. The maximum atomic E-state index is 13.2. The van der Waals surface area contributed by atoms with Crippen molar-refractivity contribution in [3.05, 3.63) is 39.8 Å². The zero-order valence-corrected chi connectivity index (χ0v) is 18.6. The summed E-state index contributed by atoms with van der Waals surface area (Å²) in [6.45, 7) is 5.05. The molecule has 180 valence electrons. The molecule has 8 nitrogen and oxygen atoms in total. The Morgan fingerprint density at radius 1 is 1.27 bits per heavy atom. The number of rotatable bonds is 4. The van der Waals surface area contributed by atoms with Gasteiger partial charge in [-0.3, -0.25) is 14.4 Å². The van der Waals surface area contributed by atoms with E-state index in [-0.39, 0.29) is 41.3 Å². The van der Waals surface area contributed by atoms with Crippen molar-refractivity contribution >= 4 is 22.6 Å². The first-order valence-electron chi connectivity index (χ1n) is 10.7. The van der Waals surface area contributed by atoms with Crippen molar-refractivity contribution in [2.24, 2.45) is 0 Å². The van der Waals surface area contributed by atoms with Crippen LogP contribution >= 0.6 is 0 Å². The van der Waals surface area contributed by atoms with Crippen LogP contribution in [0.15, 0.2) is 23.0 Å². The minimum Gasteiger partial charge on any atom is -0.393 e. The average Bonchev–Trinajstić information content (AvgIpc) is 2.89. The van der Waals surface area contributed by atoms with Gasteiger partial charge >= 0.3 is 6.18 Å². The van der Waals surface area contributed by atoms with Crippen molar-refractivity contribution in [3.8, 4) is 0 Å². The number of carbonyl (C=O) groups excluding carboxylic acids is 2. The van der Waals surface area contributed by atoms with Gasteiger partial charge in [0.2, 0.25) is 11.8 Å². The molecule has 2 aromatic rings. The van der Waals surface area contributed by atoms with E-state index in [1.165, 1.54) is 11.8 Å². The zero-order valence-electron chi connectivity index (χ0n) is 18.6. The van der Waals surface area contributed by atoms with Crippen molar-refractivity contribution in [1.82, 2.24) is 20.0 Å². The lowest BCUT2D eigenvalue weighted by Gasteiger charge is -2.24. The average molecular weight is 468 g/mol. The topological polar surface area (TPSA) is 105 Å². The molecule has 1 aliphatic heterocycles. The highest BCUT2D eigenvalue weighted by Crippen LogP contribution is 2.32. The molecule has 0 radical (unpaired) electrons. The fraction of sp³-hybridized carbons (Fsp3) is 0.545. The van der Waals surface area contributed by atoms with Gasteiger partial charge in [0.15, 0.2) is 0 Å². The van der Waals surface area contributed by atoms with Crippen molar-refractivity contribution < 1.29 is 27.9 Å². The third-order valence-electron chi connectivity index (χ3n) is 5.70. The van der Waals surface area contributed by atoms with E-state index in [9.17, 15) is 32.7 Å². The maximum Gasteiger partial charge on any atom is 0.416 e. The van der Waals surface area contributed by atoms with E-state index < -0.39 is 41.9 Å². The first-order valence-corrected chi connectivity index (χ1v) is 10.7. The monoisotopic (exact) mass is 468 g/mol. The van der Waals surface area contributed by atoms with E-state index in [4.69, 9.17) is 0 Å². The molecule has 0 spiro atoms. The predicted octanol–water partition coefficient (Wildman–Crippen LogP) is 2.03. The predicted molar refractivity (Wildman–Crippen MR) is 115 cm³/mol. The molecule has 1 aromatic heterocycles. The highest BCUT2D eigenvalue weighted by atomic mass is 19.4. The maximum absolute atomic E-state index is 13.2. The number of likely N-dealkylation sites (tertiary alicyclic amines) is 1. The minimum absolute atomic E-state index is 0.0437. The summed E-state index contributed by atoms with van der Waals surface area (Å²) in [6, 6.07) is 2.34. The van der Waals surface area contributed by atoms with Gasteiger partial charge in [0.1, 0.15) is 6.54 Å². The molecule has 1 saturated heterocycles. The molecule has 0 bridgehead atoms. The molecule has 0 aliphatic carbocycles. The first-order chi connectivity index (χ1) is 15.4. The number of aromatic nitrogens is 2. The number of alkyl halides is 3. The highest BCUT2D eigenvalue weighted by molar-refractivity contribution is 5.85. The van der Waals surface area contributed by atoms with E-state index >= 15 is 0 Å². The van der Waals surface area contributed by atoms with E-state index in [0.717, 1.165) is 22.9 Å². The zero-order chi connectivity index (χ0) is 24.5. The lowest BCUT2D eigenvalue weighted by atomic mass is 10.0. The Bertz CT molecular complexity index is 1110. The van der Waals surface area contributed by atoms with Crippen LogP contribution in [0.5, 0.6) is 0 Å². The fourth-order valence-electron chi connectivity index (χ4n) is 4.00. The van der Waals surface area contributed by atoms with Gasteiger partial charge in [-0.1, -0.05) is 13.8 Å². The molecule has 33 heavy (non-hydrogen) atoms. The van der Waals surface area contributed by atoms with Crippen LogP contribution in [0, 0.1) is 0 Å². The number of carbonyl (C=O) groups is 2. The number of nitrogens with zero attached hydrogens (tertiary/aromatic N) is 3. The van der Waals surface area contributed by atoms with Crippen LogP contribution < -0.4 is 10.9 Å². The van der Waals surface area contributed by atoms with Crippen LogP contribution in [0.25, 0.3) is 10.8 Å². The number of benzene rings is 1. The number of aliphatic hydroxyl groups is 1. The van der Waals surface area contributed by atoms with Crippen LogP contribution in [0.3, 0.4) is 0 Å². The van der Waals surface area contributed by atoms with Crippen molar-refractivity contribution in [2.45, 2.75) is 64.4 Å². The molecule has 1 aromatic carbocycles. The molecule has 2 amide bonds. The second-order valence-electron chi connectivity index (χ2n) is 8.67. The summed E-state index contributed by atoms with van der Waals surface area (Å²) in [6.07, 6.45) is -4.59. The molecular weight excluding hydrogens is 441 g/mol. The Labute approximate surface area is 188 Å². The van der Waals surface area contributed by atoms with Gasteiger partial charge in [0, 0.05) is 31.4 Å². The second-order valence-corrected chi connectivity index (χ2v) is 8.67. The summed E-state index contributed by atoms with van der Waals surface area (Å²) in [5.41, 5.74) is -1.28. The van der Waals surface area contributed by atoms with Gasteiger partial charge in [-0.25, -0.2) is 4.68 Å². The van der Waals surface area contributed by atoms with Crippen molar-refractivity contribution in [2.75, 3.05) is 13.1 Å². The number of hydrogen-bond acceptors (Lipinski definition) is 5. The van der Waals surface area contributed by atoms with E-state index in [1.807, 2.05) is 0 Å². The first kappa shape index (κ1) is 24.7. The number of amides is 2. The Hall–Kier alpha value is -2.95. The van der Waals surface area contributed by atoms with Crippen LogP contribution in [0.1, 0.15) is 50.8 Å². The Kier molecular flexibility index (Phi) is 7.11. The largest absolute Gasteiger partial charge is 0.416 e. The second kappa shape index (κ2) is 9.50. The molecule has 1 fully saturated rings. The normalized spacial score (nSPS) is 19.6. The summed E-state index contributed by atoms with van der Waals surface area (Å²) in [5.74, 6) is -1.02. The highest BCUT2D eigenvalue weighted by Gasteiger charge is 2.31. The molecule has 1 aliphatic rings. The fourth-order valence-corrected chi connectivity index (χ4v) is 4.00. The molecule has 11 heteroatoms. The molecule has 0 unspecified atom stereocenters. The van der Waals surface area contributed by atoms with Crippen LogP contribution in [0.2, 0.25) is 0 Å². The summed E-state index contributed by atoms with van der Waals surface area (Å²) in [4.78, 5) is 38.9. The van der Waals surface area contributed by atoms with Gasteiger partial charge < -0.3 is 15.3 Å². The SMILES string of the molecule is CC(=O)N1CC[C@@H](O)C[C@@H](NC(=O)Cn2nc(C(C)C)c3cc(C(F)(F)F)ccc3c2=O)C1. The van der Waals surface area contributed by atoms with Crippen LogP contribution in [-0.4, -0.2) is 56.8 Å². The Morgan fingerprint density at radius 3 is 2.58 bits per heavy atom. The van der Waals surface area contributed by atoms with Crippen molar-refractivity contribution in [1.29, 1.82) is 0 Å². The number of nitrogens with one attached hydrogen (secondary N) is 1. The molecule has 2 N–H and O–H groups in total.